The lowest BCUT2D eigenvalue weighted by atomic mass is 9.76. The van der Waals surface area contributed by atoms with E-state index in [4.69, 9.17) is 16.4 Å². The van der Waals surface area contributed by atoms with E-state index in [1.807, 2.05) is 12.1 Å². The van der Waals surface area contributed by atoms with E-state index >= 15 is 0 Å². The maximum absolute atomic E-state index is 5.82. The summed E-state index contributed by atoms with van der Waals surface area (Å²) < 4.78 is 0. The summed E-state index contributed by atoms with van der Waals surface area (Å²) in [7, 11) is 1.66. The highest BCUT2D eigenvalue weighted by Gasteiger charge is 2.29. The summed E-state index contributed by atoms with van der Waals surface area (Å²) in [4.78, 5) is 4.88. The molecule has 0 unspecified atom stereocenters. The maximum Gasteiger partial charge on any atom is 0.0572 e. The van der Waals surface area contributed by atoms with E-state index in [2.05, 4.69) is 17.6 Å². The highest BCUT2D eigenvalue weighted by Crippen LogP contribution is 2.36. The summed E-state index contributed by atoms with van der Waals surface area (Å²) in [5, 5.41) is 0.805. The van der Waals surface area contributed by atoms with Crippen molar-refractivity contribution in [3.63, 3.8) is 0 Å². The normalized spacial score (nSPS) is 25.9. The third kappa shape index (κ3) is 2.08. The van der Waals surface area contributed by atoms with Crippen LogP contribution in [-0.2, 0) is 4.84 Å². The maximum atomic E-state index is 5.82. The molecule has 76 valence electrons. The molecule has 0 aliphatic heterocycles. The predicted molar refractivity (Wildman–Crippen MR) is 57.4 cm³/mol. The monoisotopic (exact) mass is 211 g/mol. The molecule has 14 heavy (non-hydrogen) atoms. The summed E-state index contributed by atoms with van der Waals surface area (Å²) in [5.41, 5.74) is 4.35. The minimum absolute atomic E-state index is 0.515. The molecular weight excluding hydrogens is 198 g/mol. The standard InChI is InChI=1S/C11H14ClNO/c1-14-13-11-6-9(7-11)8-2-4-10(12)5-3-8/h2-5,9,11,13H,6-7H2,1H3. The average molecular weight is 212 g/mol. The van der Waals surface area contributed by atoms with Crippen molar-refractivity contribution >= 4 is 11.6 Å². The highest BCUT2D eigenvalue weighted by molar-refractivity contribution is 6.30. The Morgan fingerprint density at radius 1 is 1.29 bits per heavy atom. The van der Waals surface area contributed by atoms with Gasteiger partial charge in [0.05, 0.1) is 7.11 Å². The van der Waals surface area contributed by atoms with Gasteiger partial charge in [-0.05, 0) is 36.5 Å². The van der Waals surface area contributed by atoms with E-state index in [-0.39, 0.29) is 0 Å². The van der Waals surface area contributed by atoms with Crippen molar-refractivity contribution in [3.8, 4) is 0 Å². The Morgan fingerprint density at radius 2 is 1.93 bits per heavy atom. The average Bonchev–Trinajstić information content (AvgIpc) is 2.13. The number of hydrogen-bond acceptors (Lipinski definition) is 2. The van der Waals surface area contributed by atoms with Crippen molar-refractivity contribution in [1.82, 2.24) is 5.48 Å². The first kappa shape index (κ1) is 9.97. The third-order valence-electron chi connectivity index (χ3n) is 2.76. The van der Waals surface area contributed by atoms with Crippen molar-refractivity contribution in [3.05, 3.63) is 34.9 Å². The molecule has 1 aliphatic rings. The number of hydrogen-bond donors (Lipinski definition) is 1. The van der Waals surface area contributed by atoms with Crippen LogP contribution in [0.3, 0.4) is 0 Å². The Labute approximate surface area is 89.2 Å². The Morgan fingerprint density at radius 3 is 2.50 bits per heavy atom. The number of hydroxylamine groups is 1. The molecule has 1 aliphatic carbocycles. The molecule has 2 nitrogen and oxygen atoms in total. The lowest BCUT2D eigenvalue weighted by Gasteiger charge is -2.35. The molecule has 0 atom stereocenters. The van der Waals surface area contributed by atoms with Gasteiger partial charge in [-0.15, -0.1) is 0 Å². The summed E-state index contributed by atoms with van der Waals surface area (Å²) in [6, 6.07) is 8.63. The molecule has 1 aromatic rings. The molecule has 1 N–H and O–H groups in total. The smallest absolute Gasteiger partial charge is 0.0572 e. The summed E-state index contributed by atoms with van der Waals surface area (Å²) in [6.07, 6.45) is 2.30. The van der Waals surface area contributed by atoms with Gasteiger partial charge in [-0.2, -0.15) is 5.48 Å². The zero-order valence-electron chi connectivity index (χ0n) is 8.16. The lowest BCUT2D eigenvalue weighted by molar-refractivity contribution is 0.0285. The molecule has 1 fully saturated rings. The molecule has 0 heterocycles. The van der Waals surface area contributed by atoms with Gasteiger partial charge in [0.1, 0.15) is 0 Å². The minimum atomic E-state index is 0.515. The van der Waals surface area contributed by atoms with Crippen molar-refractivity contribution in [1.29, 1.82) is 0 Å². The first-order valence-corrected chi connectivity index (χ1v) is 5.21. The van der Waals surface area contributed by atoms with Gasteiger partial charge in [-0.1, -0.05) is 23.7 Å². The molecule has 1 saturated carbocycles. The fraction of sp³-hybridized carbons (Fsp3) is 0.455. The molecule has 0 radical (unpaired) electrons. The van der Waals surface area contributed by atoms with Gasteiger partial charge in [-0.3, -0.25) is 0 Å². The summed E-state index contributed by atoms with van der Waals surface area (Å²) >= 11 is 5.82. The van der Waals surface area contributed by atoms with Crippen molar-refractivity contribution in [2.24, 2.45) is 0 Å². The van der Waals surface area contributed by atoms with Gasteiger partial charge in [0.2, 0.25) is 0 Å². The van der Waals surface area contributed by atoms with Crippen LogP contribution in [0.2, 0.25) is 5.02 Å². The van der Waals surface area contributed by atoms with Gasteiger partial charge in [0.15, 0.2) is 0 Å². The Bertz CT molecular complexity index is 293. The van der Waals surface area contributed by atoms with E-state index in [0.717, 1.165) is 17.9 Å². The van der Waals surface area contributed by atoms with Gasteiger partial charge >= 0.3 is 0 Å². The van der Waals surface area contributed by atoms with Gasteiger partial charge in [0.25, 0.3) is 0 Å². The van der Waals surface area contributed by atoms with Crippen LogP contribution >= 0.6 is 11.6 Å². The van der Waals surface area contributed by atoms with Crippen molar-refractivity contribution in [2.75, 3.05) is 7.11 Å². The predicted octanol–water partition coefficient (Wildman–Crippen LogP) is 2.74. The third-order valence-corrected chi connectivity index (χ3v) is 3.02. The first-order chi connectivity index (χ1) is 6.79. The Balaban J connectivity index is 1.90. The largest absolute Gasteiger partial charge is 0.305 e. The second-order valence-corrected chi connectivity index (χ2v) is 4.18. The molecule has 3 heteroatoms. The highest BCUT2D eigenvalue weighted by atomic mass is 35.5. The molecule has 0 aromatic heterocycles. The quantitative estimate of drug-likeness (QED) is 0.777. The minimum Gasteiger partial charge on any atom is -0.305 e. The molecule has 0 amide bonds. The second kappa shape index (κ2) is 4.30. The zero-order valence-corrected chi connectivity index (χ0v) is 8.92. The van der Waals surface area contributed by atoms with Gasteiger partial charge in [-0.25, -0.2) is 0 Å². The number of halogens is 1. The van der Waals surface area contributed by atoms with Crippen LogP contribution in [-0.4, -0.2) is 13.2 Å². The fourth-order valence-electron chi connectivity index (χ4n) is 1.89. The van der Waals surface area contributed by atoms with Crippen LogP contribution in [0.25, 0.3) is 0 Å². The van der Waals surface area contributed by atoms with Crippen molar-refractivity contribution in [2.45, 2.75) is 24.8 Å². The summed E-state index contributed by atoms with van der Waals surface area (Å²) in [6.45, 7) is 0. The number of rotatable bonds is 3. The van der Waals surface area contributed by atoms with Gasteiger partial charge < -0.3 is 4.84 Å². The van der Waals surface area contributed by atoms with E-state index < -0.39 is 0 Å². The zero-order chi connectivity index (χ0) is 9.97. The second-order valence-electron chi connectivity index (χ2n) is 3.74. The van der Waals surface area contributed by atoms with Crippen LogP contribution in [0.5, 0.6) is 0 Å². The fourth-order valence-corrected chi connectivity index (χ4v) is 2.01. The molecule has 2 rings (SSSR count). The van der Waals surface area contributed by atoms with Crippen LogP contribution in [0.1, 0.15) is 24.3 Å². The van der Waals surface area contributed by atoms with E-state index in [1.54, 1.807) is 7.11 Å². The van der Waals surface area contributed by atoms with E-state index in [1.165, 1.54) is 5.56 Å². The van der Waals surface area contributed by atoms with Crippen molar-refractivity contribution < 1.29 is 4.84 Å². The van der Waals surface area contributed by atoms with Gasteiger partial charge in [0, 0.05) is 11.1 Å². The molecule has 0 spiro atoms. The molecule has 0 bridgehead atoms. The number of benzene rings is 1. The SMILES string of the molecule is CONC1CC(c2ccc(Cl)cc2)C1. The molecule has 0 saturated heterocycles. The van der Waals surface area contributed by atoms with E-state index in [9.17, 15) is 0 Å². The molecule has 1 aromatic carbocycles. The van der Waals surface area contributed by atoms with Crippen LogP contribution in [0.4, 0.5) is 0 Å². The number of nitrogens with one attached hydrogen (secondary N) is 1. The Kier molecular flexibility index (Phi) is 3.06. The first-order valence-electron chi connectivity index (χ1n) is 4.83. The van der Waals surface area contributed by atoms with Crippen LogP contribution < -0.4 is 5.48 Å². The molecular formula is C11H14ClNO. The van der Waals surface area contributed by atoms with Crippen LogP contribution in [0.15, 0.2) is 24.3 Å². The van der Waals surface area contributed by atoms with E-state index in [0.29, 0.717) is 12.0 Å². The van der Waals surface area contributed by atoms with Crippen LogP contribution in [0, 0.1) is 0 Å². The topological polar surface area (TPSA) is 21.3 Å². The Hall–Kier alpha value is -0.570. The lowest BCUT2D eigenvalue weighted by Crippen LogP contribution is -2.39. The summed E-state index contributed by atoms with van der Waals surface area (Å²) in [5.74, 6) is 0.667.